The van der Waals surface area contributed by atoms with Crippen LogP contribution >= 0.6 is 0 Å². The second kappa shape index (κ2) is 7.21. The number of piperidine rings is 1. The molecular formula is C17H25NO2. The van der Waals surface area contributed by atoms with Crippen LogP contribution in [0.1, 0.15) is 37.7 Å². The Morgan fingerprint density at radius 2 is 2.00 bits per heavy atom. The standard InChI is InChI=1S/C17H25NO2/c1-2-7-15(8-3-1)13-18-11-6-9-16(14-18)20-17-10-4-5-12-19-17/h1-3,7-8,16-17H,4-6,9-14H2. The maximum atomic E-state index is 6.14. The van der Waals surface area contributed by atoms with Gasteiger partial charge in [-0.25, -0.2) is 0 Å². The molecule has 0 aromatic heterocycles. The van der Waals surface area contributed by atoms with Crippen molar-refractivity contribution in [2.24, 2.45) is 0 Å². The van der Waals surface area contributed by atoms with Gasteiger partial charge < -0.3 is 9.47 Å². The van der Waals surface area contributed by atoms with Gasteiger partial charge in [-0.15, -0.1) is 0 Å². The van der Waals surface area contributed by atoms with E-state index < -0.39 is 0 Å². The molecule has 2 unspecified atom stereocenters. The van der Waals surface area contributed by atoms with Crippen molar-refractivity contribution in [2.75, 3.05) is 19.7 Å². The Hall–Kier alpha value is -0.900. The van der Waals surface area contributed by atoms with E-state index in [0.717, 1.165) is 26.1 Å². The lowest BCUT2D eigenvalue weighted by Crippen LogP contribution is -2.41. The van der Waals surface area contributed by atoms with Gasteiger partial charge in [0.25, 0.3) is 0 Å². The molecule has 2 fully saturated rings. The molecule has 1 aromatic rings. The molecule has 0 aliphatic carbocycles. The summed E-state index contributed by atoms with van der Waals surface area (Å²) in [6.45, 7) is 4.12. The van der Waals surface area contributed by atoms with Crippen molar-refractivity contribution in [3.8, 4) is 0 Å². The quantitative estimate of drug-likeness (QED) is 0.842. The van der Waals surface area contributed by atoms with Crippen molar-refractivity contribution in [2.45, 2.75) is 51.0 Å². The van der Waals surface area contributed by atoms with Crippen molar-refractivity contribution in [3.63, 3.8) is 0 Å². The molecule has 2 atom stereocenters. The van der Waals surface area contributed by atoms with Crippen LogP contribution in [-0.2, 0) is 16.0 Å². The van der Waals surface area contributed by atoms with Gasteiger partial charge in [0.05, 0.1) is 6.10 Å². The molecule has 2 aliphatic rings. The molecule has 2 heterocycles. The summed E-state index contributed by atoms with van der Waals surface area (Å²) in [5.74, 6) is 0. The van der Waals surface area contributed by atoms with Gasteiger partial charge in [-0.3, -0.25) is 4.90 Å². The zero-order valence-electron chi connectivity index (χ0n) is 12.2. The zero-order valence-corrected chi connectivity index (χ0v) is 12.2. The van der Waals surface area contributed by atoms with Crippen molar-refractivity contribution in [3.05, 3.63) is 35.9 Å². The summed E-state index contributed by atoms with van der Waals surface area (Å²) in [7, 11) is 0. The Labute approximate surface area is 121 Å². The average molecular weight is 275 g/mol. The molecule has 20 heavy (non-hydrogen) atoms. The third-order valence-electron chi connectivity index (χ3n) is 4.19. The van der Waals surface area contributed by atoms with E-state index >= 15 is 0 Å². The highest BCUT2D eigenvalue weighted by Gasteiger charge is 2.24. The van der Waals surface area contributed by atoms with E-state index in [9.17, 15) is 0 Å². The number of ether oxygens (including phenoxy) is 2. The van der Waals surface area contributed by atoms with Crippen molar-refractivity contribution in [1.82, 2.24) is 4.90 Å². The van der Waals surface area contributed by atoms with Crippen molar-refractivity contribution >= 4 is 0 Å². The molecule has 0 N–H and O–H groups in total. The Kier molecular flexibility index (Phi) is 5.06. The van der Waals surface area contributed by atoms with Gasteiger partial charge in [-0.05, 0) is 44.2 Å². The van der Waals surface area contributed by atoms with Gasteiger partial charge in [-0.2, -0.15) is 0 Å². The van der Waals surface area contributed by atoms with Crippen LogP contribution in [0.15, 0.2) is 30.3 Å². The first kappa shape index (κ1) is 14.1. The van der Waals surface area contributed by atoms with Crippen LogP contribution in [0.25, 0.3) is 0 Å². The van der Waals surface area contributed by atoms with Gasteiger partial charge in [0.2, 0.25) is 0 Å². The molecule has 1 aromatic carbocycles. The number of benzene rings is 1. The Morgan fingerprint density at radius 1 is 1.10 bits per heavy atom. The highest BCUT2D eigenvalue weighted by Crippen LogP contribution is 2.21. The minimum atomic E-state index is 0.0467. The second-order valence-corrected chi connectivity index (χ2v) is 5.92. The number of rotatable bonds is 4. The lowest BCUT2D eigenvalue weighted by molar-refractivity contribution is -0.196. The molecule has 0 radical (unpaired) electrons. The van der Waals surface area contributed by atoms with Crippen LogP contribution in [-0.4, -0.2) is 37.0 Å². The maximum Gasteiger partial charge on any atom is 0.158 e. The van der Waals surface area contributed by atoms with Crippen LogP contribution < -0.4 is 0 Å². The minimum absolute atomic E-state index is 0.0467. The maximum absolute atomic E-state index is 6.14. The summed E-state index contributed by atoms with van der Waals surface area (Å²) in [5, 5.41) is 0. The first-order chi connectivity index (χ1) is 9.90. The SMILES string of the molecule is c1ccc(CN2CCCC(OC3CCCCO3)C2)cc1. The summed E-state index contributed by atoms with van der Waals surface area (Å²) in [6, 6.07) is 10.7. The fraction of sp³-hybridized carbons (Fsp3) is 0.647. The van der Waals surface area contributed by atoms with Crippen LogP contribution in [0, 0.1) is 0 Å². The van der Waals surface area contributed by atoms with E-state index in [1.54, 1.807) is 0 Å². The molecule has 0 spiro atoms. The largest absolute Gasteiger partial charge is 0.353 e. The van der Waals surface area contributed by atoms with E-state index in [-0.39, 0.29) is 6.29 Å². The van der Waals surface area contributed by atoms with E-state index in [1.807, 2.05) is 0 Å². The van der Waals surface area contributed by atoms with E-state index in [4.69, 9.17) is 9.47 Å². The summed E-state index contributed by atoms with van der Waals surface area (Å²) < 4.78 is 11.8. The Bertz CT molecular complexity index is 389. The number of hydrogen-bond donors (Lipinski definition) is 0. The lowest BCUT2D eigenvalue weighted by Gasteiger charge is -2.35. The van der Waals surface area contributed by atoms with E-state index in [0.29, 0.717) is 6.10 Å². The molecule has 2 aliphatic heterocycles. The minimum Gasteiger partial charge on any atom is -0.353 e. The molecule has 110 valence electrons. The zero-order chi connectivity index (χ0) is 13.6. The summed E-state index contributed by atoms with van der Waals surface area (Å²) in [4.78, 5) is 2.51. The van der Waals surface area contributed by atoms with Gasteiger partial charge in [0.15, 0.2) is 6.29 Å². The highest BCUT2D eigenvalue weighted by atomic mass is 16.7. The predicted molar refractivity (Wildman–Crippen MR) is 79.4 cm³/mol. The van der Waals surface area contributed by atoms with Gasteiger partial charge in [-0.1, -0.05) is 30.3 Å². The molecule has 2 saturated heterocycles. The molecule has 0 bridgehead atoms. The van der Waals surface area contributed by atoms with Crippen LogP contribution in [0.4, 0.5) is 0 Å². The molecule has 3 nitrogen and oxygen atoms in total. The van der Waals surface area contributed by atoms with Gasteiger partial charge in [0.1, 0.15) is 0 Å². The highest BCUT2D eigenvalue weighted by molar-refractivity contribution is 5.14. The summed E-state index contributed by atoms with van der Waals surface area (Å²) in [6.07, 6.45) is 6.28. The van der Waals surface area contributed by atoms with Gasteiger partial charge >= 0.3 is 0 Å². The summed E-state index contributed by atoms with van der Waals surface area (Å²) >= 11 is 0. The third kappa shape index (κ3) is 4.05. The van der Waals surface area contributed by atoms with Gasteiger partial charge in [0, 0.05) is 19.7 Å². The average Bonchev–Trinajstić information content (AvgIpc) is 2.50. The van der Waals surface area contributed by atoms with Crippen LogP contribution in [0.3, 0.4) is 0 Å². The normalized spacial score (nSPS) is 28.4. The van der Waals surface area contributed by atoms with E-state index in [1.165, 1.54) is 37.8 Å². The Morgan fingerprint density at radius 3 is 2.80 bits per heavy atom. The molecular weight excluding hydrogens is 250 g/mol. The van der Waals surface area contributed by atoms with Crippen molar-refractivity contribution < 1.29 is 9.47 Å². The number of hydrogen-bond acceptors (Lipinski definition) is 3. The van der Waals surface area contributed by atoms with Crippen molar-refractivity contribution in [1.29, 1.82) is 0 Å². The predicted octanol–water partition coefficient (Wildman–Crippen LogP) is 3.19. The fourth-order valence-electron chi connectivity index (χ4n) is 3.14. The lowest BCUT2D eigenvalue weighted by atomic mass is 10.1. The second-order valence-electron chi connectivity index (χ2n) is 5.92. The number of likely N-dealkylation sites (tertiary alicyclic amines) is 1. The molecule has 3 heteroatoms. The molecule has 3 rings (SSSR count). The number of nitrogens with zero attached hydrogens (tertiary/aromatic N) is 1. The third-order valence-corrected chi connectivity index (χ3v) is 4.19. The fourth-order valence-corrected chi connectivity index (χ4v) is 3.14. The molecule has 0 saturated carbocycles. The smallest absolute Gasteiger partial charge is 0.158 e. The van der Waals surface area contributed by atoms with Crippen LogP contribution in [0.2, 0.25) is 0 Å². The first-order valence-corrected chi connectivity index (χ1v) is 7.93. The molecule has 0 amide bonds. The monoisotopic (exact) mass is 275 g/mol. The van der Waals surface area contributed by atoms with Crippen LogP contribution in [0.5, 0.6) is 0 Å². The van der Waals surface area contributed by atoms with E-state index in [2.05, 4.69) is 35.2 Å². The Balaban J connectivity index is 1.48. The summed E-state index contributed by atoms with van der Waals surface area (Å²) in [5.41, 5.74) is 1.39. The topological polar surface area (TPSA) is 21.7 Å². The first-order valence-electron chi connectivity index (χ1n) is 7.93.